The first-order valence-corrected chi connectivity index (χ1v) is 4.15. The minimum Gasteiger partial charge on any atom is -0.377 e. The fourth-order valence-corrected chi connectivity index (χ4v) is 1.47. The van der Waals surface area contributed by atoms with Crippen LogP contribution in [-0.4, -0.2) is 11.2 Å². The Balaban J connectivity index is 2.29. The Bertz CT molecular complexity index is 170. The Morgan fingerprint density at radius 3 is 2.64 bits per heavy atom. The fourth-order valence-electron chi connectivity index (χ4n) is 1.47. The molecule has 1 fully saturated rings. The van der Waals surface area contributed by atoms with Crippen LogP contribution in [0.5, 0.6) is 0 Å². The second kappa shape index (κ2) is 4.20. The Hall–Kier alpha value is -0.740. The molecule has 1 aliphatic rings. The van der Waals surface area contributed by atoms with E-state index in [2.05, 4.69) is 12.0 Å². The summed E-state index contributed by atoms with van der Waals surface area (Å²) in [5.74, 6) is 2.92. The smallest absolute Gasteiger partial charge is 0.133 e. The highest BCUT2D eigenvalue weighted by atomic mass is 16.3. The van der Waals surface area contributed by atoms with Gasteiger partial charge in [0.05, 0.1) is 0 Å². The maximum Gasteiger partial charge on any atom is 0.133 e. The molecule has 0 heterocycles. The molecular formula is C10H14O. The number of hydrogen-bond donors (Lipinski definition) is 1. The number of allylic oxidation sites excluding steroid dienone is 1. The first-order chi connectivity index (χ1) is 5.33. The molecule has 0 amide bonds. The van der Waals surface area contributed by atoms with E-state index < -0.39 is 6.10 Å². The Labute approximate surface area is 68.1 Å². The zero-order valence-electron chi connectivity index (χ0n) is 6.66. The molecule has 1 aliphatic carbocycles. The summed E-state index contributed by atoms with van der Waals surface area (Å²) in [7, 11) is 0. The second-order valence-electron chi connectivity index (χ2n) is 3.04. The molecule has 0 aromatic carbocycles. The lowest BCUT2D eigenvalue weighted by molar-refractivity contribution is 0.280. The van der Waals surface area contributed by atoms with E-state index in [-0.39, 0.29) is 0 Å². The monoisotopic (exact) mass is 150 g/mol. The van der Waals surface area contributed by atoms with Crippen LogP contribution >= 0.6 is 0 Å². The van der Waals surface area contributed by atoms with Crippen LogP contribution in [0.2, 0.25) is 0 Å². The molecule has 1 unspecified atom stereocenters. The molecule has 11 heavy (non-hydrogen) atoms. The average molecular weight is 150 g/mol. The van der Waals surface area contributed by atoms with E-state index in [1.807, 2.05) is 0 Å². The zero-order chi connectivity index (χ0) is 8.10. The molecular weight excluding hydrogens is 136 g/mol. The molecule has 1 saturated carbocycles. The van der Waals surface area contributed by atoms with Crippen LogP contribution in [0.3, 0.4) is 0 Å². The average Bonchev–Trinajstić information content (AvgIpc) is 2.52. The summed E-state index contributed by atoms with van der Waals surface area (Å²) < 4.78 is 0. The quantitative estimate of drug-likeness (QED) is 0.469. The van der Waals surface area contributed by atoms with E-state index in [9.17, 15) is 0 Å². The fraction of sp³-hybridized carbons (Fsp3) is 0.600. The van der Waals surface area contributed by atoms with Gasteiger partial charge in [-0.05, 0) is 24.8 Å². The molecule has 1 nitrogen and oxygen atoms in total. The number of hydrogen-bond acceptors (Lipinski definition) is 1. The van der Waals surface area contributed by atoms with Gasteiger partial charge in [-0.2, -0.15) is 0 Å². The van der Waals surface area contributed by atoms with Crippen molar-refractivity contribution in [2.45, 2.75) is 31.8 Å². The lowest BCUT2D eigenvalue weighted by Gasteiger charge is -2.00. The van der Waals surface area contributed by atoms with Crippen LogP contribution in [-0.2, 0) is 0 Å². The third-order valence-electron chi connectivity index (χ3n) is 2.14. The lowest BCUT2D eigenvalue weighted by Crippen LogP contribution is -1.97. The Kier molecular flexibility index (Phi) is 3.19. The molecule has 1 atom stereocenters. The highest BCUT2D eigenvalue weighted by Gasteiger charge is 2.11. The van der Waals surface area contributed by atoms with Crippen LogP contribution in [0.25, 0.3) is 0 Å². The first-order valence-electron chi connectivity index (χ1n) is 4.15. The van der Waals surface area contributed by atoms with E-state index in [1.165, 1.54) is 25.7 Å². The van der Waals surface area contributed by atoms with Gasteiger partial charge in [-0.15, -0.1) is 6.42 Å². The van der Waals surface area contributed by atoms with Crippen LogP contribution in [0.4, 0.5) is 0 Å². The minimum atomic E-state index is -0.685. The van der Waals surface area contributed by atoms with E-state index in [4.69, 9.17) is 11.5 Å². The van der Waals surface area contributed by atoms with Gasteiger partial charge in [-0.1, -0.05) is 24.8 Å². The van der Waals surface area contributed by atoms with E-state index in [0.717, 1.165) is 0 Å². The van der Waals surface area contributed by atoms with Gasteiger partial charge in [0.2, 0.25) is 0 Å². The van der Waals surface area contributed by atoms with Crippen molar-refractivity contribution < 1.29 is 5.11 Å². The van der Waals surface area contributed by atoms with Gasteiger partial charge in [-0.3, -0.25) is 0 Å². The predicted octanol–water partition coefficient (Wildman–Crippen LogP) is 1.73. The minimum absolute atomic E-state index is 0.665. The number of terminal acetylenes is 1. The summed E-state index contributed by atoms with van der Waals surface area (Å²) in [6.07, 6.45) is 13.2. The second-order valence-corrected chi connectivity index (χ2v) is 3.04. The number of rotatable bonds is 2. The zero-order valence-corrected chi connectivity index (χ0v) is 6.66. The number of aliphatic hydroxyl groups excluding tert-OH is 1. The van der Waals surface area contributed by atoms with Crippen LogP contribution in [0.15, 0.2) is 12.2 Å². The molecule has 1 N–H and O–H groups in total. The summed E-state index contributed by atoms with van der Waals surface area (Å²) in [5.41, 5.74) is 0. The van der Waals surface area contributed by atoms with Crippen molar-refractivity contribution in [1.82, 2.24) is 0 Å². The number of aliphatic hydroxyl groups is 1. The van der Waals surface area contributed by atoms with Crippen molar-refractivity contribution in [3.8, 4) is 12.3 Å². The van der Waals surface area contributed by atoms with Crippen molar-refractivity contribution in [3.63, 3.8) is 0 Å². The predicted molar refractivity (Wildman–Crippen MR) is 45.9 cm³/mol. The van der Waals surface area contributed by atoms with Crippen molar-refractivity contribution in [2.75, 3.05) is 0 Å². The van der Waals surface area contributed by atoms with Crippen molar-refractivity contribution in [1.29, 1.82) is 0 Å². The van der Waals surface area contributed by atoms with Gasteiger partial charge in [0, 0.05) is 0 Å². The molecule has 0 bridgehead atoms. The highest BCUT2D eigenvalue weighted by molar-refractivity contribution is 5.07. The van der Waals surface area contributed by atoms with Crippen LogP contribution in [0, 0.1) is 18.3 Å². The van der Waals surface area contributed by atoms with Crippen molar-refractivity contribution >= 4 is 0 Å². The largest absolute Gasteiger partial charge is 0.377 e. The third kappa shape index (κ3) is 2.78. The maximum atomic E-state index is 9.00. The Morgan fingerprint density at radius 1 is 1.45 bits per heavy atom. The normalized spacial score (nSPS) is 22.2. The summed E-state index contributed by atoms with van der Waals surface area (Å²) in [4.78, 5) is 0. The molecule has 0 aromatic rings. The van der Waals surface area contributed by atoms with E-state index >= 15 is 0 Å². The molecule has 0 radical (unpaired) electrons. The van der Waals surface area contributed by atoms with Gasteiger partial charge in [0.15, 0.2) is 0 Å². The van der Waals surface area contributed by atoms with E-state index in [0.29, 0.717) is 5.92 Å². The highest BCUT2D eigenvalue weighted by Crippen LogP contribution is 2.25. The summed E-state index contributed by atoms with van der Waals surface area (Å²) in [6.45, 7) is 0. The van der Waals surface area contributed by atoms with Gasteiger partial charge in [0.25, 0.3) is 0 Å². The molecule has 0 spiro atoms. The van der Waals surface area contributed by atoms with Gasteiger partial charge < -0.3 is 5.11 Å². The van der Waals surface area contributed by atoms with Gasteiger partial charge in [-0.25, -0.2) is 0 Å². The summed E-state index contributed by atoms with van der Waals surface area (Å²) in [6, 6.07) is 0. The molecule has 1 rings (SSSR count). The topological polar surface area (TPSA) is 20.2 Å². The van der Waals surface area contributed by atoms with Crippen LogP contribution in [0.1, 0.15) is 25.7 Å². The standard InChI is InChI=1S/C10H14O/c1-2-10(11)8-7-9-5-3-4-6-9/h1,7-11H,3-6H2/b8-7+. The van der Waals surface area contributed by atoms with Crippen molar-refractivity contribution in [3.05, 3.63) is 12.2 Å². The lowest BCUT2D eigenvalue weighted by atomic mass is 10.1. The van der Waals surface area contributed by atoms with Gasteiger partial charge in [0.1, 0.15) is 6.10 Å². The van der Waals surface area contributed by atoms with E-state index in [1.54, 1.807) is 6.08 Å². The first kappa shape index (κ1) is 8.36. The molecule has 60 valence electrons. The third-order valence-corrected chi connectivity index (χ3v) is 2.14. The van der Waals surface area contributed by atoms with Crippen LogP contribution < -0.4 is 0 Å². The SMILES string of the molecule is C#CC(O)/C=C/C1CCCC1. The summed E-state index contributed by atoms with van der Waals surface area (Å²) in [5, 5.41) is 9.00. The molecule has 0 aliphatic heterocycles. The summed E-state index contributed by atoms with van der Waals surface area (Å²) >= 11 is 0. The molecule has 1 heteroatoms. The molecule has 0 aromatic heterocycles. The molecule has 0 saturated heterocycles. The maximum absolute atomic E-state index is 9.00. The Morgan fingerprint density at radius 2 is 2.09 bits per heavy atom. The van der Waals surface area contributed by atoms with Gasteiger partial charge >= 0.3 is 0 Å². The van der Waals surface area contributed by atoms with Crippen molar-refractivity contribution in [2.24, 2.45) is 5.92 Å².